The van der Waals surface area contributed by atoms with Crippen molar-refractivity contribution < 1.29 is 14.7 Å². The number of nitrogens with zero attached hydrogens (tertiary/aromatic N) is 7. The second-order valence-corrected chi connectivity index (χ2v) is 8.22. The number of anilines is 1. The molecule has 10 nitrogen and oxygen atoms in total. The summed E-state index contributed by atoms with van der Waals surface area (Å²) >= 11 is 13.6. The molecule has 0 aliphatic carbocycles. The predicted molar refractivity (Wildman–Crippen MR) is 111 cm³/mol. The maximum atomic E-state index is 12.8. The number of carboxylic acid groups (broad SMARTS) is 1. The lowest BCUT2D eigenvalue weighted by atomic mass is 10.2. The third-order valence-electron chi connectivity index (χ3n) is 4.46. The number of carboxylic acids is 1. The number of benzene rings is 1. The number of aromatic nitrogens is 5. The Morgan fingerprint density at radius 3 is 2.67 bits per heavy atom. The van der Waals surface area contributed by atoms with Crippen LogP contribution in [0.5, 0.6) is 0 Å². The smallest absolute Gasteiger partial charge is 0.327 e. The van der Waals surface area contributed by atoms with Gasteiger partial charge in [-0.2, -0.15) is 4.80 Å². The summed E-state index contributed by atoms with van der Waals surface area (Å²) in [5, 5.41) is 21.8. The zero-order valence-corrected chi connectivity index (χ0v) is 17.7. The molecule has 30 heavy (non-hydrogen) atoms. The number of rotatable bonds is 5. The number of halogens is 2. The fourth-order valence-corrected chi connectivity index (χ4v) is 4.26. The first-order valence-corrected chi connectivity index (χ1v) is 10.4. The minimum absolute atomic E-state index is 0.152. The summed E-state index contributed by atoms with van der Waals surface area (Å²) < 4.78 is 0. The maximum absolute atomic E-state index is 12.8. The molecule has 156 valence electrons. The van der Waals surface area contributed by atoms with Crippen LogP contribution in [-0.4, -0.2) is 73.3 Å². The van der Waals surface area contributed by atoms with E-state index in [0.717, 1.165) is 9.93 Å². The van der Waals surface area contributed by atoms with E-state index in [1.54, 1.807) is 29.3 Å². The highest BCUT2D eigenvalue weighted by Crippen LogP contribution is 2.30. The van der Waals surface area contributed by atoms with Gasteiger partial charge in [-0.3, -0.25) is 9.59 Å². The second kappa shape index (κ2) is 8.54. The van der Waals surface area contributed by atoms with E-state index in [2.05, 4.69) is 25.3 Å². The molecule has 1 fully saturated rings. The van der Waals surface area contributed by atoms with Crippen LogP contribution in [0.4, 0.5) is 5.13 Å². The highest BCUT2D eigenvalue weighted by molar-refractivity contribution is 7.18. The summed E-state index contributed by atoms with van der Waals surface area (Å²) in [7, 11) is 0. The van der Waals surface area contributed by atoms with E-state index in [-0.39, 0.29) is 17.5 Å². The molecule has 3 aromatic rings. The summed E-state index contributed by atoms with van der Waals surface area (Å²) in [6, 6.07) is 5.02. The van der Waals surface area contributed by atoms with Crippen LogP contribution in [0.2, 0.25) is 10.0 Å². The van der Waals surface area contributed by atoms with E-state index in [1.807, 2.05) is 0 Å². The Bertz CT molecular complexity index is 1090. The van der Waals surface area contributed by atoms with Crippen molar-refractivity contribution in [3.05, 3.63) is 40.0 Å². The van der Waals surface area contributed by atoms with E-state index in [0.29, 0.717) is 47.5 Å². The van der Waals surface area contributed by atoms with Gasteiger partial charge < -0.3 is 14.9 Å². The van der Waals surface area contributed by atoms with Crippen LogP contribution in [0.3, 0.4) is 0 Å². The molecule has 1 aliphatic rings. The minimum atomic E-state index is -1.05. The van der Waals surface area contributed by atoms with Gasteiger partial charge in [0.05, 0.1) is 26.7 Å². The molecule has 0 radical (unpaired) electrons. The molecule has 1 amide bonds. The van der Waals surface area contributed by atoms with Crippen LogP contribution in [-0.2, 0) is 11.3 Å². The van der Waals surface area contributed by atoms with Crippen LogP contribution in [0.1, 0.15) is 10.4 Å². The van der Waals surface area contributed by atoms with Crippen molar-refractivity contribution in [2.75, 3.05) is 31.1 Å². The van der Waals surface area contributed by atoms with Gasteiger partial charge in [0.15, 0.2) is 11.7 Å². The molecule has 3 heterocycles. The number of piperazine rings is 1. The van der Waals surface area contributed by atoms with E-state index in [4.69, 9.17) is 28.3 Å². The number of hydrogen-bond donors (Lipinski definition) is 1. The molecule has 2 aromatic heterocycles. The molecular weight excluding hydrogens is 453 g/mol. The molecule has 0 saturated carbocycles. The molecule has 0 spiro atoms. The lowest BCUT2D eigenvalue weighted by Gasteiger charge is -2.34. The lowest BCUT2D eigenvalue weighted by Crippen LogP contribution is -2.48. The van der Waals surface area contributed by atoms with Gasteiger partial charge in [0.25, 0.3) is 5.91 Å². The molecule has 0 atom stereocenters. The Labute approximate surface area is 184 Å². The van der Waals surface area contributed by atoms with Crippen molar-refractivity contribution in [2.45, 2.75) is 6.54 Å². The number of hydrogen-bond acceptors (Lipinski definition) is 8. The van der Waals surface area contributed by atoms with E-state index >= 15 is 0 Å². The Kier molecular flexibility index (Phi) is 5.84. The SMILES string of the molecule is O=C(O)Cn1nnc(-c2cnc(N3CCN(C(=O)c4cccc(Cl)c4Cl)CC3)s2)n1. The summed E-state index contributed by atoms with van der Waals surface area (Å²) in [5.74, 6) is -0.874. The Morgan fingerprint density at radius 2 is 1.93 bits per heavy atom. The highest BCUT2D eigenvalue weighted by atomic mass is 35.5. The molecule has 1 aliphatic heterocycles. The highest BCUT2D eigenvalue weighted by Gasteiger charge is 2.26. The van der Waals surface area contributed by atoms with Crippen LogP contribution < -0.4 is 4.90 Å². The zero-order valence-electron chi connectivity index (χ0n) is 15.4. The van der Waals surface area contributed by atoms with Crippen molar-refractivity contribution in [3.8, 4) is 10.7 Å². The van der Waals surface area contributed by atoms with Crippen molar-refractivity contribution >= 4 is 51.5 Å². The Hall–Kier alpha value is -2.76. The quantitative estimate of drug-likeness (QED) is 0.606. The first-order chi connectivity index (χ1) is 14.4. The molecule has 4 rings (SSSR count). The van der Waals surface area contributed by atoms with E-state index in [9.17, 15) is 9.59 Å². The maximum Gasteiger partial charge on any atom is 0.327 e. The molecule has 0 unspecified atom stereocenters. The second-order valence-electron chi connectivity index (χ2n) is 6.42. The van der Waals surface area contributed by atoms with Crippen LogP contribution in [0, 0.1) is 0 Å². The zero-order chi connectivity index (χ0) is 21.3. The monoisotopic (exact) mass is 467 g/mol. The largest absolute Gasteiger partial charge is 0.480 e. The Morgan fingerprint density at radius 1 is 1.17 bits per heavy atom. The fourth-order valence-electron chi connectivity index (χ4n) is 2.98. The van der Waals surface area contributed by atoms with Gasteiger partial charge in [-0.25, -0.2) is 4.98 Å². The van der Waals surface area contributed by atoms with E-state index in [1.165, 1.54) is 11.3 Å². The van der Waals surface area contributed by atoms with Crippen molar-refractivity contribution in [2.24, 2.45) is 0 Å². The first kappa shape index (κ1) is 20.5. The topological polar surface area (TPSA) is 117 Å². The average molecular weight is 468 g/mol. The van der Waals surface area contributed by atoms with Gasteiger partial charge in [-0.1, -0.05) is 40.6 Å². The third-order valence-corrected chi connectivity index (χ3v) is 6.34. The lowest BCUT2D eigenvalue weighted by molar-refractivity contribution is -0.138. The average Bonchev–Trinajstić information content (AvgIpc) is 3.39. The number of thiazole rings is 1. The molecule has 1 N–H and O–H groups in total. The number of amides is 1. The molecule has 1 aromatic carbocycles. The van der Waals surface area contributed by atoms with Gasteiger partial charge in [-0.15, -0.1) is 10.2 Å². The van der Waals surface area contributed by atoms with Crippen molar-refractivity contribution in [3.63, 3.8) is 0 Å². The van der Waals surface area contributed by atoms with Gasteiger partial charge in [0.2, 0.25) is 5.82 Å². The summed E-state index contributed by atoms with van der Waals surface area (Å²) in [5.41, 5.74) is 0.393. The first-order valence-electron chi connectivity index (χ1n) is 8.86. The standard InChI is InChI=1S/C17H15Cl2N7O3S/c18-11-3-1-2-10(14(11)19)16(29)24-4-6-25(7-5-24)17-20-8-12(30-17)15-21-23-26(22-15)9-13(27)28/h1-3,8H,4-7,9H2,(H,27,28). The number of carbonyl (C=O) groups excluding carboxylic acids is 1. The molecule has 1 saturated heterocycles. The predicted octanol–water partition coefficient (Wildman–Crippen LogP) is 2.15. The van der Waals surface area contributed by atoms with Crippen molar-refractivity contribution in [1.82, 2.24) is 30.1 Å². The van der Waals surface area contributed by atoms with Crippen LogP contribution in [0.25, 0.3) is 10.7 Å². The molecular formula is C17H15Cl2N7O3S. The van der Waals surface area contributed by atoms with Gasteiger partial charge in [-0.05, 0) is 17.3 Å². The molecule has 13 heteroatoms. The minimum Gasteiger partial charge on any atom is -0.480 e. The Balaban J connectivity index is 1.40. The summed E-state index contributed by atoms with van der Waals surface area (Å²) in [6.07, 6.45) is 1.63. The van der Waals surface area contributed by atoms with E-state index < -0.39 is 5.97 Å². The van der Waals surface area contributed by atoms with Crippen molar-refractivity contribution in [1.29, 1.82) is 0 Å². The normalized spacial score (nSPS) is 14.2. The number of carbonyl (C=O) groups is 2. The van der Waals surface area contributed by atoms with Crippen LogP contribution >= 0.6 is 34.5 Å². The van der Waals surface area contributed by atoms with Gasteiger partial charge >= 0.3 is 5.97 Å². The van der Waals surface area contributed by atoms with Crippen LogP contribution in [0.15, 0.2) is 24.4 Å². The van der Waals surface area contributed by atoms with Gasteiger partial charge in [0.1, 0.15) is 0 Å². The summed E-state index contributed by atoms with van der Waals surface area (Å²) in [6.45, 7) is 1.89. The summed E-state index contributed by atoms with van der Waals surface area (Å²) in [4.78, 5) is 33.4. The number of aliphatic carboxylic acids is 1. The number of tetrazole rings is 1. The third kappa shape index (κ3) is 4.23. The fraction of sp³-hybridized carbons (Fsp3) is 0.294. The van der Waals surface area contributed by atoms with Gasteiger partial charge in [0, 0.05) is 26.2 Å². The molecule has 0 bridgehead atoms.